The third-order valence-corrected chi connectivity index (χ3v) is 1.13. The molecular formula is C8H16N2. The second kappa shape index (κ2) is 5.15. The average Bonchev–Trinajstić information content (AvgIpc) is 1.82. The Hall–Kier alpha value is -0.660. The fraction of sp³-hybridized carbons (Fsp3) is 0.750. The maximum atomic E-state index is 7.18. The summed E-state index contributed by atoms with van der Waals surface area (Å²) < 4.78 is 0. The lowest BCUT2D eigenvalue weighted by Crippen LogP contribution is -1.99. The maximum absolute atomic E-state index is 7.18. The zero-order valence-corrected chi connectivity index (χ0v) is 7.07. The van der Waals surface area contributed by atoms with Gasteiger partial charge in [0.15, 0.2) is 0 Å². The molecule has 10 heavy (non-hydrogen) atoms. The molecule has 2 nitrogen and oxygen atoms in total. The minimum atomic E-state index is 0.692. The molecule has 0 saturated heterocycles. The largest absolute Gasteiger partial charge is 0.310 e. The highest BCUT2D eigenvalue weighted by Crippen LogP contribution is 1.89. The van der Waals surface area contributed by atoms with Gasteiger partial charge in [-0.15, -0.1) is 0 Å². The molecule has 1 N–H and O–H groups in total. The van der Waals surface area contributed by atoms with Crippen molar-refractivity contribution in [1.29, 1.82) is 5.41 Å². The van der Waals surface area contributed by atoms with E-state index in [0.29, 0.717) is 5.71 Å². The normalized spacial score (nSPS) is 11.7. The number of aliphatic imine (C=N–C) groups is 1. The molecule has 0 fully saturated rings. The van der Waals surface area contributed by atoms with Gasteiger partial charge in [0.1, 0.15) is 0 Å². The molecule has 0 aliphatic heterocycles. The van der Waals surface area contributed by atoms with E-state index in [1.165, 1.54) is 0 Å². The first-order chi connectivity index (χ1) is 4.66. The fourth-order valence-corrected chi connectivity index (χ4v) is 0.742. The van der Waals surface area contributed by atoms with Crippen LogP contribution in [0.2, 0.25) is 0 Å². The summed E-state index contributed by atoms with van der Waals surface area (Å²) in [6, 6.07) is 0. The van der Waals surface area contributed by atoms with Crippen LogP contribution < -0.4 is 0 Å². The van der Waals surface area contributed by atoms with E-state index < -0.39 is 0 Å². The van der Waals surface area contributed by atoms with Crippen LogP contribution in [-0.2, 0) is 0 Å². The molecule has 0 unspecified atom stereocenters. The van der Waals surface area contributed by atoms with E-state index in [0.717, 1.165) is 25.1 Å². The van der Waals surface area contributed by atoms with Crippen molar-refractivity contribution < 1.29 is 0 Å². The van der Waals surface area contributed by atoms with Gasteiger partial charge < -0.3 is 5.41 Å². The molecule has 0 amide bonds. The molecule has 0 spiro atoms. The van der Waals surface area contributed by atoms with Crippen molar-refractivity contribution in [3.8, 4) is 0 Å². The third kappa shape index (κ3) is 5.48. The Balaban J connectivity index is 3.59. The Bertz CT molecular complexity index is 136. The molecule has 0 aromatic heterocycles. The highest BCUT2D eigenvalue weighted by molar-refractivity contribution is 6.00. The van der Waals surface area contributed by atoms with Gasteiger partial charge in [0.05, 0.1) is 0 Å². The first kappa shape index (κ1) is 9.34. The van der Waals surface area contributed by atoms with Crippen LogP contribution in [0.5, 0.6) is 0 Å². The Morgan fingerprint density at radius 1 is 1.40 bits per heavy atom. The van der Waals surface area contributed by atoms with E-state index in [2.05, 4.69) is 11.9 Å². The average molecular weight is 140 g/mol. The maximum Gasteiger partial charge on any atom is 0.0386 e. The molecule has 0 heterocycles. The summed E-state index contributed by atoms with van der Waals surface area (Å²) in [5.41, 5.74) is 1.77. The zero-order chi connectivity index (χ0) is 7.98. The summed E-state index contributed by atoms with van der Waals surface area (Å²) in [6.45, 7) is 6.80. The van der Waals surface area contributed by atoms with Gasteiger partial charge in [-0.2, -0.15) is 0 Å². The monoisotopic (exact) mass is 140 g/mol. The van der Waals surface area contributed by atoms with E-state index in [4.69, 9.17) is 5.41 Å². The van der Waals surface area contributed by atoms with Gasteiger partial charge in [-0.25, -0.2) is 0 Å². The Kier molecular flexibility index (Phi) is 4.81. The van der Waals surface area contributed by atoms with E-state index in [1.54, 1.807) is 0 Å². The summed E-state index contributed by atoms with van der Waals surface area (Å²) in [7, 11) is 0. The molecule has 0 aromatic rings. The predicted molar refractivity (Wildman–Crippen MR) is 46.3 cm³/mol. The fourth-order valence-electron chi connectivity index (χ4n) is 0.742. The van der Waals surface area contributed by atoms with Crippen LogP contribution in [0.4, 0.5) is 0 Å². The molecule has 0 aromatic carbocycles. The Labute approximate surface area is 62.9 Å². The zero-order valence-electron chi connectivity index (χ0n) is 7.07. The molecule has 58 valence electrons. The molecule has 0 aliphatic carbocycles. The van der Waals surface area contributed by atoms with Crippen molar-refractivity contribution >= 4 is 11.4 Å². The summed E-state index contributed by atoms with van der Waals surface area (Å²) in [5.74, 6) is 0. The molecule has 0 aliphatic rings. The number of nitrogens with one attached hydrogen (secondary N) is 1. The van der Waals surface area contributed by atoms with E-state index in [9.17, 15) is 0 Å². The molecule has 0 radical (unpaired) electrons. The number of hydrogen-bond donors (Lipinski definition) is 1. The smallest absolute Gasteiger partial charge is 0.0386 e. The lowest BCUT2D eigenvalue weighted by atomic mass is 10.2. The van der Waals surface area contributed by atoms with Crippen LogP contribution in [0.1, 0.15) is 33.6 Å². The Morgan fingerprint density at radius 3 is 2.40 bits per heavy atom. The van der Waals surface area contributed by atoms with Gasteiger partial charge in [0.2, 0.25) is 0 Å². The lowest BCUT2D eigenvalue weighted by molar-refractivity contribution is 0.928. The minimum Gasteiger partial charge on any atom is -0.310 e. The van der Waals surface area contributed by atoms with Gasteiger partial charge >= 0.3 is 0 Å². The molecular weight excluding hydrogens is 124 g/mol. The Morgan fingerprint density at radius 2 is 2.00 bits per heavy atom. The first-order valence-corrected chi connectivity index (χ1v) is 3.70. The van der Waals surface area contributed by atoms with Crippen molar-refractivity contribution in [2.45, 2.75) is 33.6 Å². The van der Waals surface area contributed by atoms with Crippen LogP contribution >= 0.6 is 0 Å². The van der Waals surface area contributed by atoms with Crippen LogP contribution in [0.15, 0.2) is 4.99 Å². The summed E-state index contributed by atoms with van der Waals surface area (Å²) in [4.78, 5) is 4.26. The summed E-state index contributed by atoms with van der Waals surface area (Å²) in [6.07, 6.45) is 1.83. The molecule has 0 atom stereocenters. The van der Waals surface area contributed by atoms with Crippen molar-refractivity contribution in [2.24, 2.45) is 4.99 Å². The molecule has 2 heteroatoms. The molecule has 0 saturated carbocycles. The molecule has 0 rings (SSSR count). The quantitative estimate of drug-likeness (QED) is 0.582. The summed E-state index contributed by atoms with van der Waals surface area (Å²) in [5, 5.41) is 7.18. The highest BCUT2D eigenvalue weighted by atomic mass is 14.7. The van der Waals surface area contributed by atoms with Crippen LogP contribution in [0.25, 0.3) is 0 Å². The molecule has 0 bridgehead atoms. The van der Waals surface area contributed by atoms with Crippen molar-refractivity contribution in [3.05, 3.63) is 0 Å². The van der Waals surface area contributed by atoms with Crippen molar-refractivity contribution in [1.82, 2.24) is 0 Å². The van der Waals surface area contributed by atoms with Crippen LogP contribution in [0.3, 0.4) is 0 Å². The van der Waals surface area contributed by atoms with Crippen LogP contribution in [0, 0.1) is 5.41 Å². The number of hydrogen-bond acceptors (Lipinski definition) is 2. The minimum absolute atomic E-state index is 0.692. The first-order valence-electron chi connectivity index (χ1n) is 3.70. The second-order valence-electron chi connectivity index (χ2n) is 2.57. The van der Waals surface area contributed by atoms with Gasteiger partial charge in [0, 0.05) is 24.4 Å². The highest BCUT2D eigenvalue weighted by Gasteiger charge is 1.91. The van der Waals surface area contributed by atoms with Gasteiger partial charge in [-0.05, 0) is 20.3 Å². The van der Waals surface area contributed by atoms with Gasteiger partial charge in [-0.3, -0.25) is 4.99 Å². The standard InChI is InChI=1S/C8H16N2/c1-4-5-10-8(3)6-7(2)9/h9H,4-6H2,1-3H3. The number of nitrogens with zero attached hydrogens (tertiary/aromatic N) is 1. The second-order valence-corrected chi connectivity index (χ2v) is 2.57. The SMILES string of the molecule is CCCN=C(C)CC(C)=N. The van der Waals surface area contributed by atoms with Crippen molar-refractivity contribution in [3.63, 3.8) is 0 Å². The van der Waals surface area contributed by atoms with Crippen molar-refractivity contribution in [2.75, 3.05) is 6.54 Å². The van der Waals surface area contributed by atoms with Gasteiger partial charge in [-0.1, -0.05) is 6.92 Å². The third-order valence-electron chi connectivity index (χ3n) is 1.13. The summed E-state index contributed by atoms with van der Waals surface area (Å²) >= 11 is 0. The van der Waals surface area contributed by atoms with E-state index in [1.807, 2.05) is 13.8 Å². The predicted octanol–water partition coefficient (Wildman–Crippen LogP) is 2.29. The number of rotatable bonds is 4. The van der Waals surface area contributed by atoms with Gasteiger partial charge in [0.25, 0.3) is 0 Å². The van der Waals surface area contributed by atoms with E-state index in [-0.39, 0.29) is 0 Å². The topological polar surface area (TPSA) is 36.2 Å². The van der Waals surface area contributed by atoms with E-state index >= 15 is 0 Å². The lowest BCUT2D eigenvalue weighted by Gasteiger charge is -1.96. The van der Waals surface area contributed by atoms with Crippen LogP contribution in [-0.4, -0.2) is 18.0 Å².